The second-order valence-corrected chi connectivity index (χ2v) is 5.10. The van der Waals surface area contributed by atoms with E-state index < -0.39 is 0 Å². The van der Waals surface area contributed by atoms with E-state index in [0.29, 0.717) is 5.69 Å². The zero-order chi connectivity index (χ0) is 13.8. The van der Waals surface area contributed by atoms with E-state index in [9.17, 15) is 10.1 Å². The second kappa shape index (κ2) is 6.02. The standard InChI is InChI=1S/C14H20N2O3/c1-10-8-13(14(16(17)18)9-11(10)2)15-12-4-3-6-19-7-5-12/h8-9,12,15H,3-7H2,1-2H3. The molecular weight excluding hydrogens is 244 g/mol. The summed E-state index contributed by atoms with van der Waals surface area (Å²) in [6.07, 6.45) is 2.88. The normalized spacial score (nSPS) is 19.8. The number of hydrogen-bond donors (Lipinski definition) is 1. The molecule has 1 heterocycles. The summed E-state index contributed by atoms with van der Waals surface area (Å²) in [7, 11) is 0. The largest absolute Gasteiger partial charge is 0.381 e. The SMILES string of the molecule is Cc1cc(NC2CCCOCC2)c([N+](=O)[O-])cc1C. The molecule has 0 bridgehead atoms. The van der Waals surface area contributed by atoms with Gasteiger partial charge in [0.15, 0.2) is 0 Å². The molecule has 0 amide bonds. The molecule has 0 aliphatic carbocycles. The van der Waals surface area contributed by atoms with Gasteiger partial charge in [-0.15, -0.1) is 0 Å². The van der Waals surface area contributed by atoms with E-state index in [0.717, 1.165) is 43.6 Å². The number of ether oxygens (including phenoxy) is 1. The Bertz CT molecular complexity index is 466. The van der Waals surface area contributed by atoms with Gasteiger partial charge in [-0.2, -0.15) is 0 Å². The van der Waals surface area contributed by atoms with Crippen molar-refractivity contribution in [3.05, 3.63) is 33.4 Å². The number of anilines is 1. The van der Waals surface area contributed by atoms with Crippen LogP contribution in [-0.4, -0.2) is 24.2 Å². The number of nitro benzene ring substituents is 1. The average molecular weight is 264 g/mol. The van der Waals surface area contributed by atoms with Crippen molar-refractivity contribution in [3.8, 4) is 0 Å². The Hall–Kier alpha value is -1.62. The van der Waals surface area contributed by atoms with Crippen LogP contribution >= 0.6 is 0 Å². The number of nitro groups is 1. The van der Waals surface area contributed by atoms with Gasteiger partial charge < -0.3 is 10.1 Å². The third-order valence-corrected chi connectivity index (χ3v) is 3.62. The number of aryl methyl sites for hydroxylation is 2. The lowest BCUT2D eigenvalue weighted by atomic mass is 10.1. The molecular formula is C14H20N2O3. The lowest BCUT2D eigenvalue weighted by Crippen LogP contribution is -2.20. The molecule has 1 unspecified atom stereocenters. The molecule has 1 aliphatic heterocycles. The second-order valence-electron chi connectivity index (χ2n) is 5.10. The lowest BCUT2D eigenvalue weighted by Gasteiger charge is -2.18. The van der Waals surface area contributed by atoms with Gasteiger partial charge in [0.2, 0.25) is 0 Å². The van der Waals surface area contributed by atoms with E-state index in [4.69, 9.17) is 4.74 Å². The van der Waals surface area contributed by atoms with Crippen LogP contribution in [0.25, 0.3) is 0 Å². The fourth-order valence-corrected chi connectivity index (χ4v) is 2.34. The number of benzene rings is 1. The Labute approximate surface area is 113 Å². The number of rotatable bonds is 3. The highest BCUT2D eigenvalue weighted by atomic mass is 16.6. The van der Waals surface area contributed by atoms with Gasteiger partial charge in [0, 0.05) is 25.3 Å². The summed E-state index contributed by atoms with van der Waals surface area (Å²) in [6, 6.07) is 3.77. The first-order chi connectivity index (χ1) is 9.08. The monoisotopic (exact) mass is 264 g/mol. The number of nitrogens with zero attached hydrogens (tertiary/aromatic N) is 1. The molecule has 5 heteroatoms. The van der Waals surface area contributed by atoms with Gasteiger partial charge in [0.05, 0.1) is 4.92 Å². The van der Waals surface area contributed by atoms with Gasteiger partial charge in [-0.1, -0.05) is 0 Å². The maximum absolute atomic E-state index is 11.1. The van der Waals surface area contributed by atoms with Crippen LogP contribution in [0.3, 0.4) is 0 Å². The Morgan fingerprint density at radius 3 is 2.74 bits per heavy atom. The average Bonchev–Trinajstić information content (AvgIpc) is 2.62. The summed E-state index contributed by atoms with van der Waals surface area (Å²) < 4.78 is 5.41. The van der Waals surface area contributed by atoms with E-state index >= 15 is 0 Å². The van der Waals surface area contributed by atoms with E-state index in [2.05, 4.69) is 5.32 Å². The Kier molecular flexibility index (Phi) is 4.37. The van der Waals surface area contributed by atoms with Crippen LogP contribution in [0.5, 0.6) is 0 Å². The number of hydrogen-bond acceptors (Lipinski definition) is 4. The molecule has 2 rings (SSSR count). The smallest absolute Gasteiger partial charge is 0.292 e. The minimum Gasteiger partial charge on any atom is -0.381 e. The molecule has 0 radical (unpaired) electrons. The van der Waals surface area contributed by atoms with Crippen LogP contribution in [0.1, 0.15) is 30.4 Å². The summed E-state index contributed by atoms with van der Waals surface area (Å²) in [4.78, 5) is 10.8. The van der Waals surface area contributed by atoms with Crippen LogP contribution in [0.2, 0.25) is 0 Å². The van der Waals surface area contributed by atoms with Gasteiger partial charge >= 0.3 is 0 Å². The Morgan fingerprint density at radius 2 is 2.00 bits per heavy atom. The molecule has 0 spiro atoms. The fourth-order valence-electron chi connectivity index (χ4n) is 2.34. The van der Waals surface area contributed by atoms with Gasteiger partial charge in [-0.25, -0.2) is 0 Å². The molecule has 104 valence electrons. The van der Waals surface area contributed by atoms with Gasteiger partial charge in [-0.3, -0.25) is 10.1 Å². The van der Waals surface area contributed by atoms with E-state index in [1.807, 2.05) is 19.9 Å². The molecule has 1 aliphatic rings. The minimum absolute atomic E-state index is 0.160. The molecule has 0 aromatic heterocycles. The molecule has 1 atom stereocenters. The first-order valence-electron chi connectivity index (χ1n) is 6.68. The lowest BCUT2D eigenvalue weighted by molar-refractivity contribution is -0.384. The molecule has 1 aromatic rings. The van der Waals surface area contributed by atoms with E-state index in [1.165, 1.54) is 0 Å². The highest BCUT2D eigenvalue weighted by Crippen LogP contribution is 2.29. The van der Waals surface area contributed by atoms with Crippen LogP contribution in [-0.2, 0) is 4.74 Å². The fraction of sp³-hybridized carbons (Fsp3) is 0.571. The molecule has 1 aromatic carbocycles. The predicted octanol–water partition coefficient (Wildman–Crippen LogP) is 3.19. The summed E-state index contributed by atoms with van der Waals surface area (Å²) in [5, 5.41) is 14.5. The predicted molar refractivity (Wildman–Crippen MR) is 74.7 cm³/mol. The third-order valence-electron chi connectivity index (χ3n) is 3.62. The summed E-state index contributed by atoms with van der Waals surface area (Å²) in [6.45, 7) is 5.37. The maximum atomic E-state index is 11.1. The van der Waals surface area contributed by atoms with Crippen molar-refractivity contribution in [2.75, 3.05) is 18.5 Å². The van der Waals surface area contributed by atoms with Crippen LogP contribution in [0.4, 0.5) is 11.4 Å². The van der Waals surface area contributed by atoms with Gasteiger partial charge in [0.1, 0.15) is 5.69 Å². The topological polar surface area (TPSA) is 64.4 Å². The Balaban J connectivity index is 2.22. The highest BCUT2D eigenvalue weighted by Gasteiger charge is 2.19. The molecule has 1 fully saturated rings. The minimum atomic E-state index is -0.317. The van der Waals surface area contributed by atoms with Gasteiger partial charge in [0.25, 0.3) is 5.69 Å². The zero-order valence-corrected chi connectivity index (χ0v) is 11.4. The molecule has 1 N–H and O–H groups in total. The van der Waals surface area contributed by atoms with Crippen LogP contribution in [0.15, 0.2) is 12.1 Å². The van der Waals surface area contributed by atoms with Crippen molar-refractivity contribution in [1.29, 1.82) is 0 Å². The van der Waals surface area contributed by atoms with Crippen molar-refractivity contribution in [2.24, 2.45) is 0 Å². The zero-order valence-electron chi connectivity index (χ0n) is 11.4. The van der Waals surface area contributed by atoms with Crippen molar-refractivity contribution in [2.45, 2.75) is 39.2 Å². The van der Waals surface area contributed by atoms with Crippen LogP contribution < -0.4 is 5.32 Å². The molecule has 5 nitrogen and oxygen atoms in total. The van der Waals surface area contributed by atoms with Gasteiger partial charge in [-0.05, 0) is 50.3 Å². The van der Waals surface area contributed by atoms with E-state index in [1.54, 1.807) is 6.07 Å². The van der Waals surface area contributed by atoms with E-state index in [-0.39, 0.29) is 16.7 Å². The summed E-state index contributed by atoms with van der Waals surface area (Å²) in [5.74, 6) is 0. The number of nitrogens with one attached hydrogen (secondary N) is 1. The molecule has 1 saturated heterocycles. The van der Waals surface area contributed by atoms with Crippen molar-refractivity contribution in [3.63, 3.8) is 0 Å². The van der Waals surface area contributed by atoms with Crippen LogP contribution in [0, 0.1) is 24.0 Å². The Morgan fingerprint density at radius 1 is 1.26 bits per heavy atom. The quantitative estimate of drug-likeness (QED) is 0.672. The van der Waals surface area contributed by atoms with Crippen molar-refractivity contribution >= 4 is 11.4 Å². The summed E-state index contributed by atoms with van der Waals surface area (Å²) >= 11 is 0. The van der Waals surface area contributed by atoms with Crippen molar-refractivity contribution < 1.29 is 9.66 Å². The third kappa shape index (κ3) is 3.44. The molecule has 0 saturated carbocycles. The molecule has 19 heavy (non-hydrogen) atoms. The summed E-state index contributed by atoms with van der Waals surface area (Å²) in [5.41, 5.74) is 2.80. The van der Waals surface area contributed by atoms with Crippen molar-refractivity contribution in [1.82, 2.24) is 0 Å². The maximum Gasteiger partial charge on any atom is 0.292 e. The first kappa shape index (κ1) is 13.8. The first-order valence-corrected chi connectivity index (χ1v) is 6.68. The highest BCUT2D eigenvalue weighted by molar-refractivity contribution is 5.64.